The van der Waals surface area contributed by atoms with E-state index in [-0.39, 0.29) is 6.61 Å². The van der Waals surface area contributed by atoms with Crippen molar-refractivity contribution in [1.82, 2.24) is 10.2 Å². The fourth-order valence-electron chi connectivity index (χ4n) is 1.28. The number of nitrogens with one attached hydrogen (secondary N) is 1. The maximum atomic E-state index is 8.84. The number of nitrogens with zero attached hydrogens (tertiary/aromatic N) is 1. The average molecular weight is 188 g/mol. The molecule has 0 aliphatic heterocycles. The van der Waals surface area contributed by atoms with Crippen molar-refractivity contribution in [1.29, 1.82) is 0 Å². The first-order chi connectivity index (χ1) is 6.07. The van der Waals surface area contributed by atoms with Gasteiger partial charge in [-0.1, -0.05) is 13.8 Å². The van der Waals surface area contributed by atoms with E-state index in [1.165, 1.54) is 0 Å². The van der Waals surface area contributed by atoms with Gasteiger partial charge in [0, 0.05) is 25.7 Å². The Bertz CT molecular complexity index is 115. The zero-order valence-corrected chi connectivity index (χ0v) is 9.38. The van der Waals surface area contributed by atoms with E-state index < -0.39 is 0 Å². The molecule has 0 saturated heterocycles. The molecule has 0 saturated carbocycles. The van der Waals surface area contributed by atoms with Gasteiger partial charge in [-0.2, -0.15) is 0 Å². The van der Waals surface area contributed by atoms with Crippen LogP contribution in [0, 0.1) is 5.92 Å². The van der Waals surface area contributed by atoms with Crippen LogP contribution in [0.25, 0.3) is 0 Å². The molecule has 0 bridgehead atoms. The molecule has 0 aliphatic carbocycles. The van der Waals surface area contributed by atoms with Gasteiger partial charge < -0.3 is 15.3 Å². The van der Waals surface area contributed by atoms with Crippen molar-refractivity contribution in [2.45, 2.75) is 26.3 Å². The minimum atomic E-state index is 0.276. The van der Waals surface area contributed by atoms with Gasteiger partial charge in [-0.25, -0.2) is 0 Å². The molecule has 80 valence electrons. The summed E-state index contributed by atoms with van der Waals surface area (Å²) in [5.41, 5.74) is 0. The van der Waals surface area contributed by atoms with Crippen LogP contribution < -0.4 is 5.32 Å². The maximum absolute atomic E-state index is 8.84. The summed E-state index contributed by atoms with van der Waals surface area (Å²) >= 11 is 0. The van der Waals surface area contributed by atoms with Gasteiger partial charge in [0.15, 0.2) is 0 Å². The van der Waals surface area contributed by atoms with E-state index in [4.69, 9.17) is 5.11 Å². The standard InChI is InChI=1S/C10H24N2O/c1-9(2)10(5-8-13)11-6-7-12(3)4/h9-11,13H,5-8H2,1-4H3. The molecule has 0 radical (unpaired) electrons. The van der Waals surface area contributed by atoms with Gasteiger partial charge in [0.1, 0.15) is 0 Å². The van der Waals surface area contributed by atoms with E-state index in [0.29, 0.717) is 12.0 Å². The Morgan fingerprint density at radius 3 is 2.31 bits per heavy atom. The van der Waals surface area contributed by atoms with Gasteiger partial charge in [-0.15, -0.1) is 0 Å². The summed E-state index contributed by atoms with van der Waals surface area (Å²) in [5, 5.41) is 12.3. The molecule has 1 unspecified atom stereocenters. The number of aliphatic hydroxyl groups excluding tert-OH is 1. The lowest BCUT2D eigenvalue weighted by Gasteiger charge is -2.22. The molecule has 3 heteroatoms. The van der Waals surface area contributed by atoms with Crippen molar-refractivity contribution in [2.24, 2.45) is 5.92 Å². The van der Waals surface area contributed by atoms with E-state index in [2.05, 4.69) is 38.2 Å². The average Bonchev–Trinajstić information content (AvgIpc) is 2.02. The van der Waals surface area contributed by atoms with E-state index >= 15 is 0 Å². The van der Waals surface area contributed by atoms with Crippen LogP contribution in [0.2, 0.25) is 0 Å². The molecule has 2 N–H and O–H groups in total. The summed E-state index contributed by atoms with van der Waals surface area (Å²) < 4.78 is 0. The summed E-state index contributed by atoms with van der Waals surface area (Å²) in [6.45, 7) is 6.69. The lowest BCUT2D eigenvalue weighted by atomic mass is 10.0. The highest BCUT2D eigenvalue weighted by Crippen LogP contribution is 2.04. The molecule has 13 heavy (non-hydrogen) atoms. The van der Waals surface area contributed by atoms with Gasteiger partial charge in [-0.3, -0.25) is 0 Å². The predicted molar refractivity (Wildman–Crippen MR) is 56.9 cm³/mol. The second-order valence-corrected chi connectivity index (χ2v) is 4.12. The van der Waals surface area contributed by atoms with Crippen LogP contribution in [0.15, 0.2) is 0 Å². The smallest absolute Gasteiger partial charge is 0.0445 e. The first-order valence-electron chi connectivity index (χ1n) is 5.07. The lowest BCUT2D eigenvalue weighted by molar-refractivity contribution is 0.241. The third kappa shape index (κ3) is 6.99. The Morgan fingerprint density at radius 1 is 1.31 bits per heavy atom. The Balaban J connectivity index is 3.57. The molecule has 0 aromatic carbocycles. The quantitative estimate of drug-likeness (QED) is 0.612. The van der Waals surface area contributed by atoms with Gasteiger partial charge in [-0.05, 0) is 26.4 Å². The maximum Gasteiger partial charge on any atom is 0.0445 e. The van der Waals surface area contributed by atoms with Crippen molar-refractivity contribution in [3.63, 3.8) is 0 Å². The second kappa shape index (κ2) is 7.30. The largest absolute Gasteiger partial charge is 0.396 e. The predicted octanol–water partition coefficient (Wildman–Crippen LogP) is 0.545. The Morgan fingerprint density at radius 2 is 1.92 bits per heavy atom. The Hall–Kier alpha value is -0.120. The molecule has 0 amide bonds. The van der Waals surface area contributed by atoms with Crippen LogP contribution in [0.1, 0.15) is 20.3 Å². The van der Waals surface area contributed by atoms with Crippen molar-refractivity contribution in [3.05, 3.63) is 0 Å². The molecular weight excluding hydrogens is 164 g/mol. The number of hydrogen-bond donors (Lipinski definition) is 2. The van der Waals surface area contributed by atoms with E-state index in [9.17, 15) is 0 Å². The minimum absolute atomic E-state index is 0.276. The van der Waals surface area contributed by atoms with Gasteiger partial charge >= 0.3 is 0 Å². The molecule has 0 fully saturated rings. The summed E-state index contributed by atoms with van der Waals surface area (Å²) in [4.78, 5) is 2.16. The third-order valence-electron chi connectivity index (χ3n) is 2.21. The van der Waals surface area contributed by atoms with E-state index in [1.807, 2.05) is 0 Å². The summed E-state index contributed by atoms with van der Waals surface area (Å²) in [6.07, 6.45) is 0.852. The summed E-state index contributed by atoms with van der Waals surface area (Å²) in [5.74, 6) is 0.592. The van der Waals surface area contributed by atoms with Crippen LogP contribution in [0.3, 0.4) is 0 Å². The number of aliphatic hydroxyl groups is 1. The molecule has 0 spiro atoms. The minimum Gasteiger partial charge on any atom is -0.396 e. The number of hydrogen-bond acceptors (Lipinski definition) is 3. The van der Waals surface area contributed by atoms with Crippen LogP contribution in [0.5, 0.6) is 0 Å². The molecule has 1 atom stereocenters. The Kier molecular flexibility index (Phi) is 7.23. The van der Waals surface area contributed by atoms with Crippen molar-refractivity contribution in [2.75, 3.05) is 33.8 Å². The topological polar surface area (TPSA) is 35.5 Å². The lowest BCUT2D eigenvalue weighted by Crippen LogP contribution is -2.38. The fraction of sp³-hybridized carbons (Fsp3) is 1.00. The molecule has 0 aromatic rings. The first kappa shape index (κ1) is 12.9. The Labute approximate surface area is 82.1 Å². The van der Waals surface area contributed by atoms with Crippen LogP contribution in [0.4, 0.5) is 0 Å². The van der Waals surface area contributed by atoms with Gasteiger partial charge in [0.05, 0.1) is 0 Å². The molecule has 0 aliphatic rings. The monoisotopic (exact) mass is 188 g/mol. The molecular formula is C10H24N2O. The van der Waals surface area contributed by atoms with Gasteiger partial charge in [0.25, 0.3) is 0 Å². The third-order valence-corrected chi connectivity index (χ3v) is 2.21. The van der Waals surface area contributed by atoms with Crippen LogP contribution in [-0.2, 0) is 0 Å². The summed E-state index contributed by atoms with van der Waals surface area (Å²) in [6, 6.07) is 0.449. The zero-order chi connectivity index (χ0) is 10.3. The highest BCUT2D eigenvalue weighted by atomic mass is 16.3. The highest BCUT2D eigenvalue weighted by Gasteiger charge is 2.10. The van der Waals surface area contributed by atoms with Crippen molar-refractivity contribution >= 4 is 0 Å². The second-order valence-electron chi connectivity index (χ2n) is 4.12. The normalized spacial score (nSPS) is 14.1. The highest BCUT2D eigenvalue weighted by molar-refractivity contribution is 4.70. The molecule has 3 nitrogen and oxygen atoms in total. The first-order valence-corrected chi connectivity index (χ1v) is 5.07. The zero-order valence-electron chi connectivity index (χ0n) is 9.38. The van der Waals surface area contributed by atoms with Gasteiger partial charge in [0.2, 0.25) is 0 Å². The summed E-state index contributed by atoms with van der Waals surface area (Å²) in [7, 11) is 4.14. The SMILES string of the molecule is CC(C)C(CCO)NCCN(C)C. The van der Waals surface area contributed by atoms with Crippen LogP contribution in [-0.4, -0.2) is 49.8 Å². The molecule has 0 aromatic heterocycles. The van der Waals surface area contributed by atoms with Crippen molar-refractivity contribution < 1.29 is 5.11 Å². The van der Waals surface area contributed by atoms with E-state index in [1.54, 1.807) is 0 Å². The van der Waals surface area contributed by atoms with Crippen molar-refractivity contribution in [3.8, 4) is 0 Å². The fourth-order valence-corrected chi connectivity index (χ4v) is 1.28. The molecule has 0 heterocycles. The number of rotatable bonds is 7. The number of likely N-dealkylation sites (N-methyl/N-ethyl adjacent to an activating group) is 1. The van der Waals surface area contributed by atoms with E-state index in [0.717, 1.165) is 19.5 Å². The molecule has 0 rings (SSSR count). The van der Waals surface area contributed by atoms with Crippen LogP contribution >= 0.6 is 0 Å².